The molecule has 0 atom stereocenters. The third-order valence-electron chi connectivity index (χ3n) is 19.6. The second kappa shape index (κ2) is 62.2. The number of benzene rings is 8. The second-order valence-corrected chi connectivity index (χ2v) is 34.1. The number of hydrogen-bond acceptors (Lipinski definition) is 10. The molecular formula is C124H112N10Ni5. The molecule has 139 heavy (non-hydrogen) atoms. The molecule has 0 bridgehead atoms. The number of nitrogens with zero attached hydrogens (tertiary/aromatic N) is 10. The molecule has 10 nitrogen and oxygen atoms in total. The van der Waals surface area contributed by atoms with Crippen LogP contribution >= 0.6 is 0 Å². The molecule has 0 radical (unpaired) electrons. The fourth-order valence-electron chi connectivity index (χ4n) is 12.2. The van der Waals surface area contributed by atoms with Crippen LogP contribution in [0, 0.1) is 74.4 Å². The Morgan fingerprint density at radius 3 is 0.640 bits per heavy atom. The summed E-state index contributed by atoms with van der Waals surface area (Å²) in [7, 11) is 0. The van der Waals surface area contributed by atoms with Gasteiger partial charge in [0.1, 0.15) is 0 Å². The van der Waals surface area contributed by atoms with Crippen molar-refractivity contribution in [2.45, 2.75) is 99.3 Å². The van der Waals surface area contributed by atoms with Crippen molar-refractivity contribution < 1.29 is 82.5 Å². The van der Waals surface area contributed by atoms with Crippen molar-refractivity contribution in [3.05, 3.63) is 516 Å². The SMILES string of the molecule is [C-]#Cc1ccc(C(C)(C)C)cc1.[CH-]=C.[CH-]=CC(C)(C)C.[CH-]=Cc1cc(C(C)(C)C)cc(C(C)(C)C)c1.[CH-]=Cc1ccccc1.[Ni+2].[Ni+2].[Ni+2].[Ni+2].[Ni+2].[c-]1ccccc1-c1cccc(-c2ccccn2)n1.[c-]1ccccc1-c1cccc(-c2ccccn2)n1.[c-]1ccccc1-c1cccc(-c2ccccn2)n1.[c-]1ccccc1-c1cccc(-c2ccccn2)n1.[c-]1ccccc1-c1cccc(-c2ccccn2)n1. The van der Waals surface area contributed by atoms with Crippen molar-refractivity contribution in [2.75, 3.05) is 0 Å². The Labute approximate surface area is 877 Å². The predicted octanol–water partition coefficient (Wildman–Crippen LogP) is 30.5. The molecule has 8 aromatic carbocycles. The molecule has 0 unspecified atom stereocenters. The topological polar surface area (TPSA) is 129 Å². The average Bonchev–Trinajstić information content (AvgIpc) is 0.807. The summed E-state index contributed by atoms with van der Waals surface area (Å²) in [6.45, 7) is 49.2. The monoisotopic (exact) mass is 2030 g/mol. The molecule has 0 spiro atoms. The number of aromatic nitrogens is 10. The molecule has 0 aliphatic rings. The molecule has 10 aromatic heterocycles. The largest absolute Gasteiger partial charge is 2.00 e. The Balaban J connectivity index is 0.000000329. The Morgan fingerprint density at radius 1 is 0.245 bits per heavy atom. The van der Waals surface area contributed by atoms with Crippen LogP contribution in [0.4, 0.5) is 0 Å². The van der Waals surface area contributed by atoms with Crippen LogP contribution in [-0.2, 0) is 98.7 Å². The van der Waals surface area contributed by atoms with Gasteiger partial charge in [0.2, 0.25) is 0 Å². The molecule has 18 aromatic rings. The van der Waals surface area contributed by atoms with Gasteiger partial charge in [-0.25, -0.2) is 12.2 Å². The molecule has 0 saturated carbocycles. The quantitative estimate of drug-likeness (QED) is 0.0662. The standard InChI is InChI=1S/5C16H11N2.C16H23.C12H13.C8H7.C6H11.C2H3.5Ni/c5*1-2-7-13(8-3-1)14-10-6-11-16(18-14)15-9-4-5-12-17-15;1-8-12-9-13(15(2,3)4)11-14(10-12)16(5,6)7;1-5-10-6-8-11(9-7-10)12(2,3)4;1-2-8-6-4-3-5-7-8;1-5-6(2,3)4;1-2;;;;;/h5*1-7,9-12H;1,8-11H,2-7H3;6-9H,2-4H3;1-7H;1,5H,2-4H3;1H,2H2;;;;;/q10*-1;5*+2. The first-order valence-electron chi connectivity index (χ1n) is 43.9. The summed E-state index contributed by atoms with van der Waals surface area (Å²) >= 11 is 0. The Morgan fingerprint density at radius 2 is 0.460 bits per heavy atom. The minimum absolute atomic E-state index is 0. The molecule has 10 heterocycles. The number of allylic oxidation sites excluding steroid dienone is 1. The van der Waals surface area contributed by atoms with Gasteiger partial charge in [0, 0.05) is 31.0 Å². The Hall–Kier alpha value is -13.8. The van der Waals surface area contributed by atoms with Gasteiger partial charge in [-0.3, -0.25) is 81.6 Å². The van der Waals surface area contributed by atoms with Crippen LogP contribution < -0.4 is 0 Å². The maximum atomic E-state index is 6.92. The maximum Gasteiger partial charge on any atom is 2.00 e. The van der Waals surface area contributed by atoms with Crippen molar-refractivity contribution in [2.24, 2.45) is 5.41 Å². The summed E-state index contributed by atoms with van der Waals surface area (Å²) in [5, 5.41) is 0. The van der Waals surface area contributed by atoms with Gasteiger partial charge in [-0.15, -0.1) is 221 Å². The van der Waals surface area contributed by atoms with Crippen LogP contribution in [0.15, 0.2) is 420 Å². The number of hydrogen-bond donors (Lipinski definition) is 0. The van der Waals surface area contributed by atoms with E-state index in [1.165, 1.54) is 16.7 Å². The van der Waals surface area contributed by atoms with Crippen LogP contribution in [0.3, 0.4) is 0 Å². The zero-order valence-electron chi connectivity index (χ0n) is 80.0. The van der Waals surface area contributed by atoms with E-state index in [1.54, 1.807) is 49.2 Å². The van der Waals surface area contributed by atoms with Gasteiger partial charge < -0.3 is 19.6 Å². The first-order chi connectivity index (χ1) is 64.8. The fourth-order valence-corrected chi connectivity index (χ4v) is 12.2. The molecule has 0 saturated heterocycles. The van der Waals surface area contributed by atoms with Crippen molar-refractivity contribution in [3.63, 3.8) is 0 Å². The molecule has 0 aliphatic heterocycles. The third kappa shape index (κ3) is 40.8. The van der Waals surface area contributed by atoms with Crippen LogP contribution in [0.2, 0.25) is 0 Å². The van der Waals surface area contributed by atoms with Gasteiger partial charge in [-0.1, -0.05) is 227 Å². The van der Waals surface area contributed by atoms with Crippen molar-refractivity contribution in [1.82, 2.24) is 49.8 Å². The average molecular weight is 2040 g/mol. The summed E-state index contributed by atoms with van der Waals surface area (Å²) in [5.41, 5.74) is 26.1. The zero-order chi connectivity index (χ0) is 95.8. The van der Waals surface area contributed by atoms with E-state index in [4.69, 9.17) is 26.2 Å². The second-order valence-electron chi connectivity index (χ2n) is 34.1. The first kappa shape index (κ1) is 118. The third-order valence-corrected chi connectivity index (χ3v) is 19.6. The van der Waals surface area contributed by atoms with Gasteiger partial charge >= 0.3 is 82.5 Å². The van der Waals surface area contributed by atoms with E-state index in [0.29, 0.717) is 0 Å². The van der Waals surface area contributed by atoms with Gasteiger partial charge in [-0.05, 0) is 141 Å². The predicted molar refractivity (Wildman–Crippen MR) is 556 cm³/mol. The van der Waals surface area contributed by atoms with E-state index in [0.717, 1.165) is 130 Å². The summed E-state index contributed by atoms with van der Waals surface area (Å²) < 4.78 is 0. The van der Waals surface area contributed by atoms with E-state index >= 15 is 0 Å². The first-order valence-corrected chi connectivity index (χ1v) is 43.9. The van der Waals surface area contributed by atoms with E-state index < -0.39 is 0 Å². The van der Waals surface area contributed by atoms with E-state index in [2.05, 4.69) is 213 Å². The molecule has 18 rings (SSSR count). The van der Waals surface area contributed by atoms with Gasteiger partial charge in [-0.2, -0.15) is 11.1 Å². The van der Waals surface area contributed by atoms with Crippen molar-refractivity contribution in [1.29, 1.82) is 0 Å². The normalized spacial score (nSPS) is 10.0. The minimum Gasteiger partial charge on any atom is -0.521 e. The van der Waals surface area contributed by atoms with Crippen molar-refractivity contribution >= 4 is 12.2 Å². The van der Waals surface area contributed by atoms with E-state index in [9.17, 15) is 0 Å². The molecule has 0 aliphatic carbocycles. The summed E-state index contributed by atoms with van der Waals surface area (Å²) in [4.78, 5) is 44.7. The smallest absolute Gasteiger partial charge is 0.521 e. The maximum absolute atomic E-state index is 6.92. The van der Waals surface area contributed by atoms with Crippen LogP contribution in [0.1, 0.15) is 116 Å². The molecule has 0 fully saturated rings. The van der Waals surface area contributed by atoms with E-state index in [-0.39, 0.29) is 104 Å². The Kier molecular flexibility index (Phi) is 52.6. The van der Waals surface area contributed by atoms with Crippen LogP contribution in [0.25, 0.3) is 125 Å². The van der Waals surface area contributed by atoms with Crippen LogP contribution in [0.5, 0.6) is 0 Å². The molecule has 0 N–H and O–H groups in total. The van der Waals surface area contributed by atoms with Gasteiger partial charge in [0.25, 0.3) is 0 Å². The minimum atomic E-state index is 0. The number of rotatable bonds is 12. The van der Waals surface area contributed by atoms with Gasteiger partial charge in [0.15, 0.2) is 0 Å². The van der Waals surface area contributed by atoms with E-state index in [1.807, 2.05) is 346 Å². The summed E-state index contributed by atoms with van der Waals surface area (Å²) in [6.07, 6.45) is 20.8. The zero-order valence-corrected chi connectivity index (χ0v) is 84.9. The Bertz CT molecular complexity index is 5530. The molecular weight excluding hydrogens is 1920 g/mol. The van der Waals surface area contributed by atoms with Crippen LogP contribution in [-0.4, -0.2) is 49.8 Å². The molecule has 15 heteroatoms. The fraction of sp³-hybridized carbons (Fsp3) is 0.129. The molecule has 0 amide bonds. The number of pyridine rings is 10. The summed E-state index contributed by atoms with van der Waals surface area (Å²) in [5.74, 6) is 2.36. The van der Waals surface area contributed by atoms with Gasteiger partial charge in [0.05, 0.1) is 56.9 Å². The molecule has 708 valence electrons. The van der Waals surface area contributed by atoms with Crippen molar-refractivity contribution in [3.8, 4) is 119 Å². The summed E-state index contributed by atoms with van der Waals surface area (Å²) in [6, 6.07) is 138.